The fourth-order valence-electron chi connectivity index (χ4n) is 7.01. The number of aromatic hydroxyl groups is 1. The number of phenols is 1. The van der Waals surface area contributed by atoms with Gasteiger partial charge in [-0.2, -0.15) is 0 Å². The normalized spacial score (nSPS) is 13.6. The van der Waals surface area contributed by atoms with Crippen molar-refractivity contribution < 1.29 is 24.5 Å². The number of allylic oxidation sites excluding steroid dienone is 1. The van der Waals surface area contributed by atoms with Crippen molar-refractivity contribution in [1.82, 2.24) is 0 Å². The van der Waals surface area contributed by atoms with Crippen LogP contribution in [0.15, 0.2) is 27.3 Å². The number of hydrogen-bond donors (Lipinski definition) is 4. The minimum Gasteiger partial charge on any atom is -0.507 e. The number of benzene rings is 5. The molecule has 0 saturated carbocycles. The number of hydrogen-bond acceptors (Lipinski definition) is 7. The van der Waals surface area contributed by atoms with Gasteiger partial charge in [-0.3, -0.25) is 9.59 Å². The lowest BCUT2D eigenvalue weighted by Crippen LogP contribution is -2.36. The van der Waals surface area contributed by atoms with Crippen LogP contribution in [0.5, 0.6) is 11.5 Å². The summed E-state index contributed by atoms with van der Waals surface area (Å²) < 4.78 is 6.50. The van der Waals surface area contributed by atoms with Crippen LogP contribution in [0, 0.1) is 0 Å². The Balaban J connectivity index is 2.06. The fourth-order valence-corrected chi connectivity index (χ4v) is 7.01. The highest BCUT2D eigenvalue weighted by molar-refractivity contribution is 6.38. The molecule has 5 aromatic rings. The Labute approximate surface area is 243 Å². The van der Waals surface area contributed by atoms with E-state index in [1.54, 1.807) is 6.07 Å². The third-order valence-corrected chi connectivity index (χ3v) is 8.70. The van der Waals surface area contributed by atoms with Crippen LogP contribution in [0.2, 0.25) is 0 Å². The van der Waals surface area contributed by atoms with E-state index in [4.69, 9.17) is 4.74 Å². The molecule has 0 unspecified atom stereocenters. The molecular formula is C34H37N2O6+. The number of aliphatic hydroxyl groups is 2. The summed E-state index contributed by atoms with van der Waals surface area (Å²) in [4.78, 5) is 28.0. The summed E-state index contributed by atoms with van der Waals surface area (Å²) >= 11 is 0. The zero-order valence-electron chi connectivity index (χ0n) is 25.0. The standard InChI is InChI=1S/C34H36N2O6/c1-7-35-22-12-17(14-37)24-25-18(15-38)13-23(39)29-31(25)26-20(19(32(29)40)8-9-36(3,4)5)10-16(2)11-21-27(26)30(24)28(22)33(41)34(21)42-6/h10,12-13,37-38H,7-9,11,14-15H2,1-6H3,(H-,35,39,40,41)/p+1. The third kappa shape index (κ3) is 3.86. The Kier molecular flexibility index (Phi) is 6.57. The highest BCUT2D eigenvalue weighted by Gasteiger charge is 2.32. The van der Waals surface area contributed by atoms with Gasteiger partial charge in [-0.1, -0.05) is 11.6 Å². The lowest BCUT2D eigenvalue weighted by molar-refractivity contribution is -0.870. The second kappa shape index (κ2) is 9.80. The molecule has 0 heterocycles. The average Bonchev–Trinajstić information content (AvgIpc) is 3.08. The van der Waals surface area contributed by atoms with Crippen molar-refractivity contribution in [1.29, 1.82) is 0 Å². The van der Waals surface area contributed by atoms with Crippen LogP contribution in [0.3, 0.4) is 0 Å². The van der Waals surface area contributed by atoms with Gasteiger partial charge >= 0.3 is 0 Å². The SMILES string of the molecule is CCNc1cc(CO)c2c3c(CO)cc(=O)c4c(O)c(CC[N+](C)(C)C)c5c(c6c(c(OC)c(=O)c1c26)CC(C)=C5)c43. The number of nitrogens with zero attached hydrogens (tertiary/aromatic N) is 1. The summed E-state index contributed by atoms with van der Waals surface area (Å²) in [5.74, 6) is 0.195. The maximum Gasteiger partial charge on any atom is 0.230 e. The van der Waals surface area contributed by atoms with E-state index in [1.165, 1.54) is 13.2 Å². The van der Waals surface area contributed by atoms with Gasteiger partial charge in [0.05, 0.1) is 58.8 Å². The topological polar surface area (TPSA) is 116 Å². The van der Waals surface area contributed by atoms with Crippen LogP contribution in [-0.2, 0) is 26.1 Å². The average molecular weight is 570 g/mol. The number of ether oxygens (including phenoxy) is 1. The molecule has 0 fully saturated rings. The van der Waals surface area contributed by atoms with E-state index in [1.807, 2.05) is 13.8 Å². The summed E-state index contributed by atoms with van der Waals surface area (Å²) in [6.07, 6.45) is 3.02. The molecule has 5 aromatic carbocycles. The quantitative estimate of drug-likeness (QED) is 0.126. The van der Waals surface area contributed by atoms with Gasteiger partial charge in [0.1, 0.15) is 5.75 Å². The van der Waals surface area contributed by atoms with E-state index in [-0.39, 0.29) is 34.3 Å². The van der Waals surface area contributed by atoms with E-state index < -0.39 is 6.61 Å². The minimum atomic E-state index is -0.419. The van der Waals surface area contributed by atoms with Crippen molar-refractivity contribution in [3.63, 3.8) is 0 Å². The van der Waals surface area contributed by atoms with E-state index in [2.05, 4.69) is 32.5 Å². The first kappa shape index (κ1) is 28.2. The number of rotatable bonds is 8. The molecule has 42 heavy (non-hydrogen) atoms. The molecule has 0 saturated heterocycles. The van der Waals surface area contributed by atoms with Gasteiger partial charge in [0.2, 0.25) is 5.43 Å². The molecule has 8 nitrogen and oxygen atoms in total. The Morgan fingerprint density at radius 3 is 2.14 bits per heavy atom. The van der Waals surface area contributed by atoms with Gasteiger partial charge < -0.3 is 29.9 Å². The highest BCUT2D eigenvalue weighted by Crippen LogP contribution is 2.51. The Morgan fingerprint density at radius 1 is 0.905 bits per heavy atom. The molecule has 0 atom stereocenters. The molecule has 8 heteroatoms. The van der Waals surface area contributed by atoms with Crippen LogP contribution in [0.1, 0.15) is 41.7 Å². The highest BCUT2D eigenvalue weighted by atomic mass is 16.5. The summed E-state index contributed by atoms with van der Waals surface area (Å²) in [5.41, 5.74) is 4.12. The predicted molar refractivity (Wildman–Crippen MR) is 170 cm³/mol. The summed E-state index contributed by atoms with van der Waals surface area (Å²) in [6.45, 7) is 4.47. The molecule has 0 bridgehead atoms. The van der Waals surface area contributed by atoms with Gasteiger partial charge in [-0.15, -0.1) is 0 Å². The molecule has 4 N–H and O–H groups in total. The second-order valence-corrected chi connectivity index (χ2v) is 12.5. The number of fused-ring (bicyclic) bond motifs is 1. The second-order valence-electron chi connectivity index (χ2n) is 12.5. The lowest BCUT2D eigenvalue weighted by Gasteiger charge is -2.26. The molecule has 6 rings (SSSR count). The van der Waals surface area contributed by atoms with Gasteiger partial charge in [0, 0.05) is 40.6 Å². The first-order valence-corrected chi connectivity index (χ1v) is 14.3. The predicted octanol–water partition coefficient (Wildman–Crippen LogP) is 4.23. The molecule has 1 aliphatic rings. The summed E-state index contributed by atoms with van der Waals surface area (Å²) in [5, 5.41) is 41.0. The number of anilines is 1. The Hall–Kier alpha value is -3.98. The molecule has 1 aliphatic carbocycles. The van der Waals surface area contributed by atoms with Crippen molar-refractivity contribution in [3.8, 4) is 11.5 Å². The zero-order valence-corrected chi connectivity index (χ0v) is 25.0. The monoisotopic (exact) mass is 569 g/mol. The van der Waals surface area contributed by atoms with Gasteiger partial charge in [0.15, 0.2) is 11.2 Å². The van der Waals surface area contributed by atoms with E-state index in [9.17, 15) is 24.9 Å². The van der Waals surface area contributed by atoms with Gasteiger partial charge in [-0.25, -0.2) is 0 Å². The van der Waals surface area contributed by atoms with E-state index in [0.717, 1.165) is 34.0 Å². The van der Waals surface area contributed by atoms with Crippen molar-refractivity contribution in [3.05, 3.63) is 66.0 Å². The van der Waals surface area contributed by atoms with Crippen LogP contribution in [0.25, 0.3) is 49.2 Å². The maximum atomic E-state index is 14.2. The lowest BCUT2D eigenvalue weighted by atomic mass is 9.80. The van der Waals surface area contributed by atoms with Crippen molar-refractivity contribution >= 4 is 54.9 Å². The van der Waals surface area contributed by atoms with E-state index in [0.29, 0.717) is 73.2 Å². The smallest absolute Gasteiger partial charge is 0.230 e. The molecule has 0 aliphatic heterocycles. The number of nitrogens with one attached hydrogen (secondary N) is 1. The fraction of sp³-hybridized carbons (Fsp3) is 0.353. The molecule has 0 amide bonds. The van der Waals surface area contributed by atoms with Gasteiger partial charge in [-0.05, 0) is 70.6 Å². The maximum absolute atomic E-state index is 14.2. The molecule has 0 spiro atoms. The van der Waals surface area contributed by atoms with Crippen molar-refractivity contribution in [2.45, 2.75) is 39.9 Å². The molecule has 0 radical (unpaired) electrons. The number of likely N-dealkylation sites (N-methyl/N-ethyl adjacent to an activating group) is 1. The number of methoxy groups -OCH3 is 1. The Bertz CT molecular complexity index is 2070. The first-order chi connectivity index (χ1) is 20.0. The van der Waals surface area contributed by atoms with Crippen LogP contribution < -0.4 is 20.9 Å². The Morgan fingerprint density at radius 2 is 1.55 bits per heavy atom. The number of phenolic OH excluding ortho intramolecular Hbond substituents is 1. The minimum absolute atomic E-state index is 0.0534. The largest absolute Gasteiger partial charge is 0.507 e. The van der Waals surface area contributed by atoms with Crippen LogP contribution in [0.4, 0.5) is 5.69 Å². The first-order valence-electron chi connectivity index (χ1n) is 14.3. The van der Waals surface area contributed by atoms with Crippen LogP contribution >= 0.6 is 0 Å². The van der Waals surface area contributed by atoms with Gasteiger partial charge in [0.25, 0.3) is 0 Å². The van der Waals surface area contributed by atoms with E-state index >= 15 is 0 Å². The number of aliphatic hydroxyl groups excluding tert-OH is 2. The molecular weight excluding hydrogens is 532 g/mol. The van der Waals surface area contributed by atoms with Crippen molar-refractivity contribution in [2.75, 3.05) is 46.7 Å². The number of quaternary nitrogens is 1. The molecule has 218 valence electrons. The summed E-state index contributed by atoms with van der Waals surface area (Å²) in [7, 11) is 7.75. The summed E-state index contributed by atoms with van der Waals surface area (Å²) in [6, 6.07) is 3.15. The van der Waals surface area contributed by atoms with Crippen molar-refractivity contribution in [2.24, 2.45) is 0 Å². The van der Waals surface area contributed by atoms with Crippen LogP contribution in [-0.4, -0.2) is 61.1 Å². The molecule has 0 aromatic heterocycles. The zero-order chi connectivity index (χ0) is 30.2. The third-order valence-electron chi connectivity index (χ3n) is 8.70.